The fourth-order valence-corrected chi connectivity index (χ4v) is 3.09. The number of rotatable bonds is 7. The Balaban J connectivity index is 2.30. The van der Waals surface area contributed by atoms with E-state index in [-0.39, 0.29) is 0 Å². The van der Waals surface area contributed by atoms with Gasteiger partial charge in [0.15, 0.2) is 0 Å². The van der Waals surface area contributed by atoms with Crippen molar-refractivity contribution < 1.29 is 0 Å². The Morgan fingerprint density at radius 1 is 1.35 bits per heavy atom. The molecule has 2 N–H and O–H groups in total. The van der Waals surface area contributed by atoms with Crippen LogP contribution in [0.1, 0.15) is 38.7 Å². The summed E-state index contributed by atoms with van der Waals surface area (Å²) in [6, 6.07) is 8.96. The molecule has 0 radical (unpaired) electrons. The summed E-state index contributed by atoms with van der Waals surface area (Å²) in [7, 11) is 0. The monoisotopic (exact) mass is 251 g/mol. The molecule has 0 aliphatic heterocycles. The van der Waals surface area contributed by atoms with Crippen LogP contribution in [-0.4, -0.2) is 11.8 Å². The number of nitrogens with two attached hydrogens (primary N) is 1. The van der Waals surface area contributed by atoms with Gasteiger partial charge in [-0.05, 0) is 31.4 Å². The molecular formula is C15H25NS. The van der Waals surface area contributed by atoms with E-state index in [1.54, 1.807) is 0 Å². The first-order valence-electron chi connectivity index (χ1n) is 6.56. The van der Waals surface area contributed by atoms with Gasteiger partial charge in [0.25, 0.3) is 0 Å². The Morgan fingerprint density at radius 3 is 2.76 bits per heavy atom. The summed E-state index contributed by atoms with van der Waals surface area (Å²) in [5, 5.41) is 0. The fraction of sp³-hybridized carbons (Fsp3) is 0.600. The van der Waals surface area contributed by atoms with Crippen molar-refractivity contribution in [2.45, 2.75) is 51.0 Å². The fourth-order valence-electron chi connectivity index (χ4n) is 2.10. The van der Waals surface area contributed by atoms with E-state index in [1.165, 1.54) is 23.3 Å². The Bertz CT molecular complexity index is 324. The van der Waals surface area contributed by atoms with E-state index < -0.39 is 0 Å². The lowest BCUT2D eigenvalue weighted by atomic mass is 9.99. The number of benzene rings is 1. The number of hydrogen-bond acceptors (Lipinski definition) is 2. The van der Waals surface area contributed by atoms with E-state index in [1.807, 2.05) is 11.8 Å². The van der Waals surface area contributed by atoms with E-state index in [9.17, 15) is 0 Å². The molecule has 0 aliphatic carbocycles. The summed E-state index contributed by atoms with van der Waals surface area (Å²) in [4.78, 5) is 1.34. The van der Waals surface area contributed by atoms with E-state index in [0.29, 0.717) is 6.04 Å². The standard InChI is InChI=1S/C15H25NS/c1-4-6-12(2)9-14(16)11-17-15-8-5-7-13(3)10-15/h5,7-8,10,12,14H,4,6,9,11,16H2,1-3H3. The van der Waals surface area contributed by atoms with Crippen LogP contribution in [-0.2, 0) is 0 Å². The molecule has 0 amide bonds. The normalized spacial score (nSPS) is 14.6. The Hall–Kier alpha value is -0.470. The third-order valence-electron chi connectivity index (χ3n) is 2.94. The lowest BCUT2D eigenvalue weighted by Crippen LogP contribution is -2.25. The minimum absolute atomic E-state index is 0.321. The molecule has 2 heteroatoms. The van der Waals surface area contributed by atoms with Crippen molar-refractivity contribution in [3.63, 3.8) is 0 Å². The second kappa shape index (κ2) is 7.78. The molecule has 0 spiro atoms. The highest BCUT2D eigenvalue weighted by Gasteiger charge is 2.09. The summed E-state index contributed by atoms with van der Waals surface area (Å²) in [6.07, 6.45) is 3.70. The number of aryl methyl sites for hydroxylation is 1. The molecule has 2 unspecified atom stereocenters. The zero-order valence-corrected chi connectivity index (χ0v) is 12.1. The molecule has 0 heterocycles. The van der Waals surface area contributed by atoms with Crippen molar-refractivity contribution in [3.05, 3.63) is 29.8 Å². The van der Waals surface area contributed by atoms with Crippen LogP contribution in [0.5, 0.6) is 0 Å². The minimum atomic E-state index is 0.321. The molecule has 0 saturated heterocycles. The lowest BCUT2D eigenvalue weighted by molar-refractivity contribution is 0.450. The smallest absolute Gasteiger partial charge is 0.0136 e. The predicted molar refractivity (Wildman–Crippen MR) is 78.6 cm³/mol. The quantitative estimate of drug-likeness (QED) is 0.733. The van der Waals surface area contributed by atoms with E-state index in [2.05, 4.69) is 45.0 Å². The second-order valence-corrected chi connectivity index (χ2v) is 6.11. The van der Waals surface area contributed by atoms with Crippen LogP contribution in [0.15, 0.2) is 29.2 Å². The van der Waals surface area contributed by atoms with Crippen molar-refractivity contribution in [1.29, 1.82) is 0 Å². The maximum atomic E-state index is 6.17. The lowest BCUT2D eigenvalue weighted by Gasteiger charge is -2.16. The maximum absolute atomic E-state index is 6.17. The van der Waals surface area contributed by atoms with Crippen molar-refractivity contribution >= 4 is 11.8 Å². The van der Waals surface area contributed by atoms with Crippen molar-refractivity contribution in [2.75, 3.05) is 5.75 Å². The molecule has 96 valence electrons. The summed E-state index contributed by atoms with van der Waals surface area (Å²) >= 11 is 1.88. The first kappa shape index (κ1) is 14.6. The molecule has 0 aromatic heterocycles. The average Bonchev–Trinajstić information content (AvgIpc) is 2.27. The maximum Gasteiger partial charge on any atom is 0.0136 e. The molecule has 1 aromatic carbocycles. The Morgan fingerprint density at radius 2 is 2.12 bits per heavy atom. The molecule has 1 aromatic rings. The van der Waals surface area contributed by atoms with Gasteiger partial charge in [-0.25, -0.2) is 0 Å². The highest BCUT2D eigenvalue weighted by molar-refractivity contribution is 7.99. The van der Waals surface area contributed by atoms with E-state index in [0.717, 1.165) is 18.1 Å². The topological polar surface area (TPSA) is 26.0 Å². The summed E-state index contributed by atoms with van der Waals surface area (Å²) in [6.45, 7) is 6.68. The van der Waals surface area contributed by atoms with Gasteiger partial charge in [-0.1, -0.05) is 44.4 Å². The Labute approximate surface area is 110 Å². The molecule has 2 atom stereocenters. The van der Waals surface area contributed by atoms with Gasteiger partial charge in [0.1, 0.15) is 0 Å². The van der Waals surface area contributed by atoms with Crippen LogP contribution in [0, 0.1) is 12.8 Å². The van der Waals surface area contributed by atoms with E-state index in [4.69, 9.17) is 5.73 Å². The molecule has 17 heavy (non-hydrogen) atoms. The van der Waals surface area contributed by atoms with Gasteiger partial charge < -0.3 is 5.73 Å². The van der Waals surface area contributed by atoms with Gasteiger partial charge in [-0.2, -0.15) is 0 Å². The highest BCUT2D eigenvalue weighted by Crippen LogP contribution is 2.21. The first-order valence-corrected chi connectivity index (χ1v) is 7.55. The van der Waals surface area contributed by atoms with Crippen molar-refractivity contribution in [3.8, 4) is 0 Å². The van der Waals surface area contributed by atoms with Crippen LogP contribution in [0.2, 0.25) is 0 Å². The molecule has 0 fully saturated rings. The van der Waals surface area contributed by atoms with Crippen LogP contribution in [0.4, 0.5) is 0 Å². The van der Waals surface area contributed by atoms with Gasteiger partial charge in [-0.3, -0.25) is 0 Å². The Kier molecular flexibility index (Phi) is 6.68. The van der Waals surface area contributed by atoms with Crippen LogP contribution >= 0.6 is 11.8 Å². The average molecular weight is 251 g/mol. The van der Waals surface area contributed by atoms with Crippen LogP contribution in [0.3, 0.4) is 0 Å². The van der Waals surface area contributed by atoms with Gasteiger partial charge in [0.05, 0.1) is 0 Å². The van der Waals surface area contributed by atoms with E-state index >= 15 is 0 Å². The largest absolute Gasteiger partial charge is 0.327 e. The second-order valence-electron chi connectivity index (χ2n) is 5.02. The van der Waals surface area contributed by atoms with Gasteiger partial charge >= 0.3 is 0 Å². The summed E-state index contributed by atoms with van der Waals surface area (Å²) in [5.74, 6) is 1.78. The van der Waals surface area contributed by atoms with Crippen LogP contribution in [0.25, 0.3) is 0 Å². The third kappa shape index (κ3) is 6.13. The highest BCUT2D eigenvalue weighted by atomic mass is 32.2. The molecule has 0 aliphatic rings. The van der Waals surface area contributed by atoms with Crippen LogP contribution < -0.4 is 5.73 Å². The van der Waals surface area contributed by atoms with Gasteiger partial charge in [0, 0.05) is 16.7 Å². The zero-order chi connectivity index (χ0) is 12.7. The summed E-state index contributed by atoms with van der Waals surface area (Å²) < 4.78 is 0. The molecule has 1 nitrogen and oxygen atoms in total. The number of hydrogen-bond donors (Lipinski definition) is 1. The third-order valence-corrected chi connectivity index (χ3v) is 4.12. The summed E-state index contributed by atoms with van der Waals surface area (Å²) in [5.41, 5.74) is 7.49. The molecular weight excluding hydrogens is 226 g/mol. The van der Waals surface area contributed by atoms with Crippen molar-refractivity contribution in [2.24, 2.45) is 11.7 Å². The van der Waals surface area contributed by atoms with Crippen molar-refractivity contribution in [1.82, 2.24) is 0 Å². The zero-order valence-electron chi connectivity index (χ0n) is 11.3. The predicted octanol–water partition coefficient (Wildman–Crippen LogP) is 4.24. The SMILES string of the molecule is CCCC(C)CC(N)CSc1cccc(C)c1. The minimum Gasteiger partial charge on any atom is -0.327 e. The first-order chi connectivity index (χ1) is 8.11. The molecule has 0 saturated carbocycles. The van der Waals surface area contributed by atoms with Gasteiger partial charge in [-0.15, -0.1) is 11.8 Å². The number of thioether (sulfide) groups is 1. The molecule has 0 bridgehead atoms. The van der Waals surface area contributed by atoms with Gasteiger partial charge in [0.2, 0.25) is 0 Å². The molecule has 1 rings (SSSR count).